The fraction of sp³-hybridized carbons (Fsp3) is 1.00. The van der Waals surface area contributed by atoms with Gasteiger partial charge in [0, 0.05) is 0 Å². The molecule has 16 nitrogen and oxygen atoms in total. The fourth-order valence-corrected chi connectivity index (χ4v) is 6.60. The van der Waals surface area contributed by atoms with Gasteiger partial charge in [0.1, 0.15) is 0 Å². The van der Waals surface area contributed by atoms with Crippen LogP contribution >= 0.6 is 0 Å². The molecule has 0 heterocycles. The Balaban J connectivity index is 3.06. The van der Waals surface area contributed by atoms with Crippen molar-refractivity contribution in [3.05, 3.63) is 0 Å². The Hall–Kier alpha value is -0.640. The third kappa shape index (κ3) is 59.4. The number of nitrogens with two attached hydrogens (primary N) is 2. The summed E-state index contributed by atoms with van der Waals surface area (Å²) in [7, 11) is 0. The Bertz CT molecular complexity index is 687. The fourth-order valence-electron chi connectivity index (χ4n) is 6.60. The summed E-state index contributed by atoms with van der Waals surface area (Å²) in [6.07, 6.45) is 17.6. The van der Waals surface area contributed by atoms with Crippen LogP contribution in [0, 0.1) is 0 Å². The van der Waals surface area contributed by atoms with E-state index in [2.05, 4.69) is 74.4 Å². The molecule has 0 saturated carbocycles. The van der Waals surface area contributed by atoms with Crippen LogP contribution in [-0.4, -0.2) is 196 Å². The third-order valence-electron chi connectivity index (χ3n) is 10.3. The normalized spacial score (nSPS) is 11.7. The smallest absolute Gasteiger partial charge is 0.00368 e. The van der Waals surface area contributed by atoms with Crippen LogP contribution in [-0.2, 0) is 0 Å². The van der Waals surface area contributed by atoms with Crippen molar-refractivity contribution in [3.8, 4) is 0 Å². The molecule has 0 unspecified atom stereocenters. The summed E-state index contributed by atoms with van der Waals surface area (Å²) in [5.74, 6) is 0. The molecule has 0 atom stereocenters. The second-order valence-electron chi connectivity index (χ2n) is 16.4. The van der Waals surface area contributed by atoms with Gasteiger partial charge in [0.25, 0.3) is 0 Å². The SMILES string of the molecule is NCCCNCCCNCCCNCCCNCCCNCCCNCCCNCCCNCCCNCCCNCCCNCCCNCCCNCCCNCCCN. The standard InChI is InChI=1S/C45H108N16/c46-16-1-18-48-20-3-22-50-24-5-26-52-28-7-30-54-32-9-34-56-36-11-38-58-40-13-42-60-44-15-45-61-43-14-41-59-39-12-37-57-35-10-33-55-31-8-29-53-27-6-25-51-23-4-21-49-19-2-17-47/h48-61H,1-47H2. The van der Waals surface area contributed by atoms with E-state index in [9.17, 15) is 0 Å². The Labute approximate surface area is 377 Å². The van der Waals surface area contributed by atoms with Crippen LogP contribution in [0.4, 0.5) is 0 Å². The van der Waals surface area contributed by atoms with Gasteiger partial charge >= 0.3 is 0 Å². The molecule has 0 fully saturated rings. The molecule has 368 valence electrons. The lowest BCUT2D eigenvalue weighted by molar-refractivity contribution is 0.530. The van der Waals surface area contributed by atoms with Crippen molar-refractivity contribution in [2.24, 2.45) is 11.5 Å². The van der Waals surface area contributed by atoms with Crippen molar-refractivity contribution in [2.75, 3.05) is 196 Å². The molecule has 0 aliphatic rings. The van der Waals surface area contributed by atoms with E-state index < -0.39 is 0 Å². The molecule has 0 aliphatic heterocycles. The number of rotatable bonds is 58. The summed E-state index contributed by atoms with van der Waals surface area (Å²) >= 11 is 0. The van der Waals surface area contributed by atoms with Crippen molar-refractivity contribution >= 4 is 0 Å². The zero-order chi connectivity index (χ0) is 43.7. The first-order valence-electron chi connectivity index (χ1n) is 25.7. The van der Waals surface area contributed by atoms with Gasteiger partial charge in [0.2, 0.25) is 0 Å². The van der Waals surface area contributed by atoms with Crippen LogP contribution < -0.4 is 85.9 Å². The van der Waals surface area contributed by atoms with Gasteiger partial charge in [-0.3, -0.25) is 0 Å². The predicted molar refractivity (Wildman–Crippen MR) is 268 cm³/mol. The molecule has 0 saturated heterocycles. The molecule has 0 aliphatic carbocycles. The molecule has 0 bridgehead atoms. The van der Waals surface area contributed by atoms with Crippen LogP contribution in [0.2, 0.25) is 0 Å². The van der Waals surface area contributed by atoms with Crippen molar-refractivity contribution < 1.29 is 0 Å². The molecule has 0 spiro atoms. The van der Waals surface area contributed by atoms with E-state index in [0.717, 1.165) is 209 Å². The van der Waals surface area contributed by atoms with Gasteiger partial charge in [-0.25, -0.2) is 0 Å². The molecule has 61 heavy (non-hydrogen) atoms. The van der Waals surface area contributed by atoms with Crippen LogP contribution in [0.3, 0.4) is 0 Å². The summed E-state index contributed by atoms with van der Waals surface area (Å²) in [4.78, 5) is 0. The van der Waals surface area contributed by atoms with Gasteiger partial charge in [-0.15, -0.1) is 0 Å². The minimum Gasteiger partial charge on any atom is -0.330 e. The number of hydrogen-bond acceptors (Lipinski definition) is 16. The molecule has 16 heteroatoms. The van der Waals surface area contributed by atoms with Gasteiger partial charge in [-0.05, 0) is 293 Å². The van der Waals surface area contributed by atoms with Gasteiger partial charge in [0.05, 0.1) is 0 Å². The average molecular weight is 873 g/mol. The average Bonchev–Trinajstić information content (AvgIpc) is 3.27. The zero-order valence-corrected chi connectivity index (χ0v) is 40.0. The topological polar surface area (TPSA) is 220 Å². The van der Waals surface area contributed by atoms with E-state index in [0.29, 0.717) is 0 Å². The molecular weight excluding hydrogens is 765 g/mol. The van der Waals surface area contributed by atoms with Crippen LogP contribution in [0.5, 0.6) is 0 Å². The maximum atomic E-state index is 5.50. The van der Waals surface area contributed by atoms with Crippen molar-refractivity contribution in [1.29, 1.82) is 0 Å². The third-order valence-corrected chi connectivity index (χ3v) is 10.3. The molecule has 0 aromatic heterocycles. The Morgan fingerprint density at radius 3 is 0.295 bits per heavy atom. The second-order valence-corrected chi connectivity index (χ2v) is 16.4. The lowest BCUT2D eigenvalue weighted by atomic mass is 10.3. The van der Waals surface area contributed by atoms with Crippen molar-refractivity contribution in [3.63, 3.8) is 0 Å². The molecular formula is C45H108N16. The quantitative estimate of drug-likeness (QED) is 0.0330. The van der Waals surface area contributed by atoms with Crippen molar-refractivity contribution in [2.45, 2.75) is 96.3 Å². The Morgan fingerprint density at radius 2 is 0.213 bits per heavy atom. The van der Waals surface area contributed by atoms with Crippen molar-refractivity contribution in [1.82, 2.24) is 74.4 Å². The predicted octanol–water partition coefficient (Wildman–Crippen LogP) is -0.990. The maximum absolute atomic E-state index is 5.50. The van der Waals surface area contributed by atoms with E-state index in [1.165, 1.54) is 83.5 Å². The highest BCUT2D eigenvalue weighted by atomic mass is 15.0. The van der Waals surface area contributed by atoms with E-state index in [4.69, 9.17) is 11.5 Å². The number of hydrogen-bond donors (Lipinski definition) is 16. The van der Waals surface area contributed by atoms with Crippen LogP contribution in [0.1, 0.15) is 96.3 Å². The van der Waals surface area contributed by atoms with E-state index >= 15 is 0 Å². The van der Waals surface area contributed by atoms with Crippen LogP contribution in [0.15, 0.2) is 0 Å². The molecule has 0 amide bonds. The molecule has 0 radical (unpaired) electrons. The van der Waals surface area contributed by atoms with Gasteiger partial charge in [-0.2, -0.15) is 0 Å². The molecule has 18 N–H and O–H groups in total. The summed E-state index contributed by atoms with van der Waals surface area (Å²) in [6.45, 7) is 32.2. The monoisotopic (exact) mass is 873 g/mol. The Morgan fingerprint density at radius 1 is 0.131 bits per heavy atom. The van der Waals surface area contributed by atoms with E-state index in [-0.39, 0.29) is 0 Å². The maximum Gasteiger partial charge on any atom is -0.00368 e. The van der Waals surface area contributed by atoms with Gasteiger partial charge < -0.3 is 85.9 Å². The van der Waals surface area contributed by atoms with Gasteiger partial charge in [0.15, 0.2) is 0 Å². The first-order valence-corrected chi connectivity index (χ1v) is 25.7. The highest BCUT2D eigenvalue weighted by molar-refractivity contribution is 4.61. The largest absolute Gasteiger partial charge is 0.330 e. The summed E-state index contributed by atoms with van der Waals surface area (Å²) < 4.78 is 0. The lowest BCUT2D eigenvalue weighted by Crippen LogP contribution is -2.29. The summed E-state index contributed by atoms with van der Waals surface area (Å²) in [5, 5.41) is 49.7. The van der Waals surface area contributed by atoms with Gasteiger partial charge in [-0.1, -0.05) is 0 Å². The zero-order valence-electron chi connectivity index (χ0n) is 40.0. The van der Waals surface area contributed by atoms with Crippen LogP contribution in [0.25, 0.3) is 0 Å². The van der Waals surface area contributed by atoms with E-state index in [1.807, 2.05) is 0 Å². The Kier molecular flexibility index (Phi) is 58.7. The summed E-state index contributed by atoms with van der Waals surface area (Å²) in [5.41, 5.74) is 11.0. The molecule has 0 aromatic rings. The second kappa shape index (κ2) is 59.4. The molecule has 0 rings (SSSR count). The molecule has 0 aromatic carbocycles. The highest BCUT2D eigenvalue weighted by Crippen LogP contribution is 1.85. The minimum atomic E-state index is 0.776. The number of nitrogens with one attached hydrogen (secondary N) is 14. The van der Waals surface area contributed by atoms with E-state index in [1.54, 1.807) is 0 Å². The lowest BCUT2D eigenvalue weighted by Gasteiger charge is -2.09. The minimum absolute atomic E-state index is 0.776. The summed E-state index contributed by atoms with van der Waals surface area (Å²) in [6, 6.07) is 0. The first-order chi connectivity index (χ1) is 30.4. The highest BCUT2D eigenvalue weighted by Gasteiger charge is 1.97. The first kappa shape index (κ1) is 60.4.